The number of nitrogens with one attached hydrogen (secondary N) is 1. The van der Waals surface area contributed by atoms with Gasteiger partial charge in [-0.1, -0.05) is 6.07 Å². The Kier molecular flexibility index (Phi) is 5.56. The Morgan fingerprint density at radius 3 is 2.49 bits per heavy atom. The number of aromatic nitrogens is 5. The lowest BCUT2D eigenvalue weighted by atomic mass is 9.69. The fraction of sp³-hybridized carbons (Fsp3) is 0.519. The largest absolute Gasteiger partial charge is 0.507 e. The highest BCUT2D eigenvalue weighted by Crippen LogP contribution is 2.45. The van der Waals surface area contributed by atoms with Gasteiger partial charge in [0.1, 0.15) is 11.4 Å². The third-order valence-electron chi connectivity index (χ3n) is 8.14. The van der Waals surface area contributed by atoms with E-state index in [4.69, 9.17) is 0 Å². The van der Waals surface area contributed by atoms with Crippen LogP contribution in [0.15, 0.2) is 35.4 Å². The van der Waals surface area contributed by atoms with E-state index in [-0.39, 0.29) is 28.3 Å². The average Bonchev–Trinajstić information content (AvgIpc) is 3.66. The minimum atomic E-state index is -0.651. The SMILES string of the molecule is Cn1cc(F)c(-c2ccc(-c3ncc(N(C4CC4)[C@H]4C[C@]5(C)CCC[C@](C)(C4)N5)nn3)c(O)c2)nc1=O. The number of hydrogen-bond donors (Lipinski definition) is 2. The number of fused-ring (bicyclic) bond motifs is 2. The Morgan fingerprint density at radius 2 is 1.86 bits per heavy atom. The highest BCUT2D eigenvalue weighted by molar-refractivity contribution is 5.71. The smallest absolute Gasteiger partial charge is 0.348 e. The molecule has 0 unspecified atom stereocenters. The number of aromatic hydroxyl groups is 1. The van der Waals surface area contributed by atoms with Gasteiger partial charge >= 0.3 is 5.69 Å². The summed E-state index contributed by atoms with van der Waals surface area (Å²) in [7, 11) is 1.43. The number of phenolic OH excluding ortho intramolecular Hbond substituents is 1. The number of aryl methyl sites for hydroxylation is 1. The van der Waals surface area contributed by atoms with E-state index in [1.54, 1.807) is 18.3 Å². The summed E-state index contributed by atoms with van der Waals surface area (Å²) in [6.07, 6.45) is 10.9. The fourth-order valence-electron chi connectivity index (χ4n) is 6.46. The molecule has 4 heterocycles. The molecule has 3 aliphatic rings. The molecule has 2 aliphatic heterocycles. The molecule has 0 amide bonds. The Labute approximate surface area is 214 Å². The second-order valence-electron chi connectivity index (χ2n) is 11.5. The Balaban J connectivity index is 1.27. The molecule has 1 aliphatic carbocycles. The Bertz CT molecular complexity index is 1390. The summed E-state index contributed by atoms with van der Waals surface area (Å²) in [6.45, 7) is 4.69. The second-order valence-corrected chi connectivity index (χ2v) is 11.5. The van der Waals surface area contributed by atoms with Crippen molar-refractivity contribution in [1.82, 2.24) is 30.0 Å². The van der Waals surface area contributed by atoms with Crippen molar-refractivity contribution < 1.29 is 9.50 Å². The van der Waals surface area contributed by atoms with Crippen LogP contribution in [0.1, 0.15) is 58.8 Å². The molecule has 9 nitrogen and oxygen atoms in total. The second kappa shape index (κ2) is 8.58. The third-order valence-corrected chi connectivity index (χ3v) is 8.14. The number of rotatable bonds is 5. The zero-order valence-corrected chi connectivity index (χ0v) is 21.4. The average molecular weight is 506 g/mol. The van der Waals surface area contributed by atoms with Crippen molar-refractivity contribution in [2.24, 2.45) is 7.05 Å². The van der Waals surface area contributed by atoms with Crippen LogP contribution in [0.5, 0.6) is 5.75 Å². The Morgan fingerprint density at radius 1 is 1.14 bits per heavy atom. The molecule has 1 saturated carbocycles. The van der Waals surface area contributed by atoms with E-state index in [2.05, 4.69) is 44.2 Å². The van der Waals surface area contributed by atoms with Crippen LogP contribution < -0.4 is 15.9 Å². The normalized spacial score (nSPS) is 27.2. The molecule has 194 valence electrons. The maximum absolute atomic E-state index is 14.4. The van der Waals surface area contributed by atoms with E-state index in [1.165, 1.54) is 32.4 Å². The van der Waals surface area contributed by atoms with E-state index in [0.717, 1.165) is 42.3 Å². The summed E-state index contributed by atoms with van der Waals surface area (Å²) in [4.78, 5) is 22.6. The summed E-state index contributed by atoms with van der Waals surface area (Å²) >= 11 is 0. The number of halogens is 1. The van der Waals surface area contributed by atoms with E-state index < -0.39 is 11.5 Å². The maximum atomic E-state index is 14.4. The van der Waals surface area contributed by atoms with E-state index in [9.17, 15) is 14.3 Å². The lowest BCUT2D eigenvalue weighted by Crippen LogP contribution is -2.67. The zero-order chi connectivity index (χ0) is 25.9. The van der Waals surface area contributed by atoms with Crippen molar-refractivity contribution in [1.29, 1.82) is 0 Å². The summed E-state index contributed by atoms with van der Waals surface area (Å²) in [6, 6.07) is 5.38. The molecule has 2 N–H and O–H groups in total. The third kappa shape index (κ3) is 4.47. The topological polar surface area (TPSA) is 109 Å². The van der Waals surface area contributed by atoms with Crippen LogP contribution in [0.2, 0.25) is 0 Å². The maximum Gasteiger partial charge on any atom is 0.348 e. The molecule has 6 rings (SSSR count). The van der Waals surface area contributed by atoms with Crippen LogP contribution >= 0.6 is 0 Å². The van der Waals surface area contributed by atoms with Gasteiger partial charge in [-0.25, -0.2) is 14.2 Å². The molecule has 2 bridgehead atoms. The van der Waals surface area contributed by atoms with Gasteiger partial charge < -0.3 is 15.3 Å². The zero-order valence-electron chi connectivity index (χ0n) is 21.4. The number of anilines is 1. The van der Waals surface area contributed by atoms with E-state index in [1.807, 2.05) is 0 Å². The number of benzene rings is 1. The number of phenols is 1. The molecule has 3 aromatic rings. The molecule has 10 heteroatoms. The molecule has 2 saturated heterocycles. The molecular weight excluding hydrogens is 473 g/mol. The highest BCUT2D eigenvalue weighted by atomic mass is 19.1. The predicted octanol–water partition coefficient (Wildman–Crippen LogP) is 3.57. The minimum Gasteiger partial charge on any atom is -0.507 e. The van der Waals surface area contributed by atoms with Gasteiger partial charge in [-0.3, -0.25) is 4.57 Å². The van der Waals surface area contributed by atoms with Crippen molar-refractivity contribution >= 4 is 5.82 Å². The van der Waals surface area contributed by atoms with Gasteiger partial charge in [-0.05, 0) is 70.9 Å². The van der Waals surface area contributed by atoms with Crippen LogP contribution in [0, 0.1) is 5.82 Å². The molecule has 2 aromatic heterocycles. The molecular formula is C27H32FN7O2. The monoisotopic (exact) mass is 505 g/mol. The minimum absolute atomic E-state index is 0.117. The predicted molar refractivity (Wildman–Crippen MR) is 138 cm³/mol. The van der Waals surface area contributed by atoms with Crippen molar-refractivity contribution in [3.05, 3.63) is 46.9 Å². The van der Waals surface area contributed by atoms with Gasteiger partial charge in [-0.15, -0.1) is 10.2 Å². The molecule has 37 heavy (non-hydrogen) atoms. The lowest BCUT2D eigenvalue weighted by Gasteiger charge is -2.55. The van der Waals surface area contributed by atoms with Crippen LogP contribution in [0.3, 0.4) is 0 Å². The van der Waals surface area contributed by atoms with Crippen molar-refractivity contribution in [2.75, 3.05) is 4.90 Å². The molecule has 0 radical (unpaired) electrons. The summed E-state index contributed by atoms with van der Waals surface area (Å²) < 4.78 is 15.5. The van der Waals surface area contributed by atoms with Gasteiger partial charge in [0, 0.05) is 42.0 Å². The van der Waals surface area contributed by atoms with Gasteiger partial charge in [-0.2, -0.15) is 4.98 Å². The number of hydrogen-bond acceptors (Lipinski definition) is 8. The van der Waals surface area contributed by atoms with Crippen LogP contribution in [-0.2, 0) is 7.05 Å². The standard InChI is InChI=1S/C27H32FN7O2/c1-26-9-4-10-27(2,33-26)13-18(12-26)35(17-6-7-17)22-14-29-24(32-31-22)19-8-5-16(11-21(19)36)23-20(28)15-34(3)25(37)30-23/h5,8,11,14-15,17-18,33,36H,4,6-7,9-10,12-13H2,1-3H3/t18-,26-,27+. The molecule has 0 spiro atoms. The summed E-state index contributed by atoms with van der Waals surface area (Å²) in [5.74, 6) is 0.259. The highest BCUT2D eigenvalue weighted by Gasteiger charge is 2.49. The van der Waals surface area contributed by atoms with E-state index in [0.29, 0.717) is 23.2 Å². The first kappa shape index (κ1) is 24.0. The summed E-state index contributed by atoms with van der Waals surface area (Å²) in [5, 5.41) is 23.5. The molecule has 3 atom stereocenters. The summed E-state index contributed by atoms with van der Waals surface area (Å²) in [5.41, 5.74) is 0.238. The van der Waals surface area contributed by atoms with Gasteiger partial charge in [0.05, 0.1) is 11.8 Å². The quantitative estimate of drug-likeness (QED) is 0.542. The van der Waals surface area contributed by atoms with E-state index >= 15 is 0 Å². The first-order chi connectivity index (χ1) is 17.6. The first-order valence-electron chi connectivity index (χ1n) is 13.0. The molecule has 1 aromatic carbocycles. The van der Waals surface area contributed by atoms with Gasteiger partial charge in [0.15, 0.2) is 17.5 Å². The van der Waals surface area contributed by atoms with Crippen LogP contribution in [0.4, 0.5) is 10.2 Å². The van der Waals surface area contributed by atoms with Crippen LogP contribution in [-0.4, -0.2) is 53.0 Å². The first-order valence-corrected chi connectivity index (χ1v) is 13.0. The lowest BCUT2D eigenvalue weighted by molar-refractivity contribution is 0.0766. The number of nitrogens with zero attached hydrogens (tertiary/aromatic N) is 6. The number of piperidine rings is 2. The van der Waals surface area contributed by atoms with Crippen molar-refractivity contribution in [3.8, 4) is 28.4 Å². The van der Waals surface area contributed by atoms with Crippen molar-refractivity contribution in [2.45, 2.75) is 82.0 Å². The van der Waals surface area contributed by atoms with Crippen LogP contribution in [0.25, 0.3) is 22.6 Å². The van der Waals surface area contributed by atoms with Crippen molar-refractivity contribution in [3.63, 3.8) is 0 Å². The van der Waals surface area contributed by atoms with Gasteiger partial charge in [0.25, 0.3) is 0 Å². The molecule has 3 fully saturated rings. The Hall–Kier alpha value is -3.40. The van der Waals surface area contributed by atoms with Gasteiger partial charge in [0.2, 0.25) is 0 Å². The fourth-order valence-corrected chi connectivity index (χ4v) is 6.46.